The summed E-state index contributed by atoms with van der Waals surface area (Å²) in [6.45, 7) is 4.06. The van der Waals surface area contributed by atoms with Crippen molar-refractivity contribution in [3.05, 3.63) is 73.1 Å². The lowest BCUT2D eigenvalue weighted by molar-refractivity contribution is -0.141. The first-order chi connectivity index (χ1) is 18.5. The molecular formula is C26H25ClF3N5O3S. The highest BCUT2D eigenvalue weighted by molar-refractivity contribution is 7.19. The number of rotatable bonds is 6. The molecule has 13 heteroatoms. The Bertz CT molecular complexity index is 1650. The van der Waals surface area contributed by atoms with Gasteiger partial charge < -0.3 is 10.1 Å². The van der Waals surface area contributed by atoms with Crippen LogP contribution in [0.1, 0.15) is 23.8 Å². The van der Waals surface area contributed by atoms with Gasteiger partial charge in [-0.1, -0.05) is 18.5 Å². The van der Waals surface area contributed by atoms with E-state index in [-0.39, 0.29) is 12.6 Å². The van der Waals surface area contributed by atoms with E-state index in [4.69, 9.17) is 16.3 Å². The normalized spacial score (nSPS) is 18.0. The molecule has 1 N–H and O–H groups in total. The van der Waals surface area contributed by atoms with Crippen LogP contribution in [0.2, 0.25) is 5.02 Å². The second-order valence-corrected chi connectivity index (χ2v) is 11.2. The number of aryl methyl sites for hydroxylation is 1. The van der Waals surface area contributed by atoms with Crippen LogP contribution >= 0.6 is 22.9 Å². The molecule has 0 unspecified atom stereocenters. The predicted molar refractivity (Wildman–Crippen MR) is 144 cm³/mol. The number of nitrogens with zero attached hydrogens (tertiary/aromatic N) is 4. The molecule has 1 aromatic carbocycles. The molecule has 1 saturated heterocycles. The molecule has 1 aliphatic rings. The van der Waals surface area contributed by atoms with Crippen molar-refractivity contribution in [1.29, 1.82) is 0 Å². The minimum atomic E-state index is -4.60. The van der Waals surface area contributed by atoms with Crippen molar-refractivity contribution in [2.45, 2.75) is 45.6 Å². The van der Waals surface area contributed by atoms with Crippen molar-refractivity contribution in [2.75, 3.05) is 13.1 Å². The van der Waals surface area contributed by atoms with Crippen LogP contribution in [0.25, 0.3) is 21.5 Å². The SMILES string of the molecule is Cc1cc(Cl)cc(-c2ncnc3cc(Cn4c(=O)ccn(CC(F)(F)F)c4=O)sc23)c1O[C@@H]1CCNC[C@H]1C. The van der Waals surface area contributed by atoms with E-state index in [9.17, 15) is 22.8 Å². The van der Waals surface area contributed by atoms with Gasteiger partial charge in [0, 0.05) is 40.2 Å². The number of halogens is 4. The molecule has 0 amide bonds. The number of benzene rings is 1. The molecule has 206 valence electrons. The Hall–Kier alpha value is -3.22. The van der Waals surface area contributed by atoms with Crippen LogP contribution < -0.4 is 21.3 Å². The lowest BCUT2D eigenvalue weighted by Crippen LogP contribution is -2.41. The second kappa shape index (κ2) is 10.7. The molecule has 0 radical (unpaired) electrons. The Balaban J connectivity index is 1.56. The van der Waals surface area contributed by atoms with Gasteiger partial charge in [0.2, 0.25) is 0 Å². The monoisotopic (exact) mass is 579 g/mol. The van der Waals surface area contributed by atoms with Gasteiger partial charge >= 0.3 is 11.9 Å². The zero-order chi connectivity index (χ0) is 27.9. The molecule has 0 saturated carbocycles. The lowest BCUT2D eigenvalue weighted by Gasteiger charge is -2.31. The molecule has 0 bridgehead atoms. The Kier molecular flexibility index (Phi) is 7.53. The van der Waals surface area contributed by atoms with Gasteiger partial charge in [0.15, 0.2) is 0 Å². The highest BCUT2D eigenvalue weighted by Gasteiger charge is 2.29. The highest BCUT2D eigenvalue weighted by Crippen LogP contribution is 2.41. The summed E-state index contributed by atoms with van der Waals surface area (Å²) in [7, 11) is 0. The van der Waals surface area contributed by atoms with Crippen LogP contribution in [0, 0.1) is 12.8 Å². The van der Waals surface area contributed by atoms with Crippen LogP contribution in [0.3, 0.4) is 0 Å². The molecule has 39 heavy (non-hydrogen) atoms. The van der Waals surface area contributed by atoms with E-state index in [2.05, 4.69) is 22.2 Å². The topological polar surface area (TPSA) is 91.0 Å². The quantitative estimate of drug-likeness (QED) is 0.358. The van der Waals surface area contributed by atoms with Crippen molar-refractivity contribution in [3.8, 4) is 17.0 Å². The summed E-state index contributed by atoms with van der Waals surface area (Å²) in [6, 6.07) is 6.27. The van der Waals surface area contributed by atoms with E-state index in [0.29, 0.717) is 47.6 Å². The maximum absolute atomic E-state index is 12.9. The van der Waals surface area contributed by atoms with Gasteiger partial charge in [-0.3, -0.25) is 13.9 Å². The minimum Gasteiger partial charge on any atom is -0.489 e. The first kappa shape index (κ1) is 27.4. The first-order valence-corrected chi connectivity index (χ1v) is 13.5. The van der Waals surface area contributed by atoms with Gasteiger partial charge in [-0.2, -0.15) is 13.2 Å². The number of hydrogen-bond acceptors (Lipinski definition) is 7. The summed E-state index contributed by atoms with van der Waals surface area (Å²) >= 11 is 7.70. The standard InChI is InChI=1S/C26H25ClF3N5O3S/c1-14-7-16(27)8-18(23(14)38-20-3-5-31-10-15(20)2)22-24-19(32-13-33-22)9-17(39-24)11-35-21(36)4-6-34(25(35)37)12-26(28,29)30/h4,6-9,13,15,20,31H,3,5,10-12H2,1-2H3/t15-,20-/m1/s1. The lowest BCUT2D eigenvalue weighted by atomic mass is 9.97. The molecule has 2 atom stereocenters. The third-order valence-electron chi connectivity index (χ3n) is 6.64. The van der Waals surface area contributed by atoms with E-state index in [1.165, 1.54) is 17.7 Å². The summed E-state index contributed by atoms with van der Waals surface area (Å²) < 4.78 is 47.2. The summed E-state index contributed by atoms with van der Waals surface area (Å²) in [6.07, 6.45) is -1.48. The molecule has 1 fully saturated rings. The summed E-state index contributed by atoms with van der Waals surface area (Å²) in [5, 5.41) is 3.88. The fourth-order valence-corrected chi connectivity index (χ4v) is 6.10. The Morgan fingerprint density at radius 1 is 1.23 bits per heavy atom. The van der Waals surface area contributed by atoms with Crippen LogP contribution in [0.15, 0.2) is 46.4 Å². The highest BCUT2D eigenvalue weighted by atomic mass is 35.5. The zero-order valence-corrected chi connectivity index (χ0v) is 22.7. The number of nitrogens with one attached hydrogen (secondary N) is 1. The molecule has 4 heterocycles. The van der Waals surface area contributed by atoms with Gasteiger partial charge in [0.25, 0.3) is 5.56 Å². The number of hydrogen-bond donors (Lipinski definition) is 1. The largest absolute Gasteiger partial charge is 0.489 e. The van der Waals surface area contributed by atoms with Crippen molar-refractivity contribution < 1.29 is 17.9 Å². The first-order valence-electron chi connectivity index (χ1n) is 12.3. The fraction of sp³-hybridized carbons (Fsp3) is 0.385. The van der Waals surface area contributed by atoms with Crippen molar-refractivity contribution >= 4 is 33.2 Å². The van der Waals surface area contributed by atoms with E-state index >= 15 is 0 Å². The molecule has 4 aromatic rings. The molecule has 5 rings (SSSR count). The maximum Gasteiger partial charge on any atom is 0.406 e. The van der Waals surface area contributed by atoms with Crippen molar-refractivity contribution in [3.63, 3.8) is 0 Å². The van der Waals surface area contributed by atoms with Gasteiger partial charge in [-0.25, -0.2) is 14.8 Å². The molecule has 3 aromatic heterocycles. The Labute approximate surface area is 230 Å². The number of fused-ring (bicyclic) bond motifs is 1. The average Bonchev–Trinajstić information content (AvgIpc) is 3.28. The second-order valence-electron chi connectivity index (χ2n) is 9.64. The van der Waals surface area contributed by atoms with Crippen LogP contribution in [0.5, 0.6) is 5.75 Å². The van der Waals surface area contributed by atoms with Gasteiger partial charge in [-0.05, 0) is 43.7 Å². The number of alkyl halides is 3. The number of aromatic nitrogens is 4. The van der Waals surface area contributed by atoms with Crippen LogP contribution in [-0.2, 0) is 13.1 Å². The van der Waals surface area contributed by atoms with Crippen LogP contribution in [0.4, 0.5) is 13.2 Å². The summed E-state index contributed by atoms with van der Waals surface area (Å²) in [5.41, 5.74) is 0.954. The third-order valence-corrected chi connectivity index (χ3v) is 7.97. The van der Waals surface area contributed by atoms with E-state index < -0.39 is 24.0 Å². The molecular weight excluding hydrogens is 555 g/mol. The van der Waals surface area contributed by atoms with Gasteiger partial charge in [0.05, 0.1) is 22.5 Å². The summed E-state index contributed by atoms with van der Waals surface area (Å²) in [4.78, 5) is 34.5. The average molecular weight is 580 g/mol. The molecule has 1 aliphatic heterocycles. The number of piperidine rings is 1. The van der Waals surface area contributed by atoms with E-state index in [1.807, 2.05) is 13.0 Å². The minimum absolute atomic E-state index is 0.00456. The van der Waals surface area contributed by atoms with Crippen molar-refractivity contribution in [1.82, 2.24) is 24.4 Å². The van der Waals surface area contributed by atoms with Gasteiger partial charge in [-0.15, -0.1) is 11.3 Å². The zero-order valence-electron chi connectivity index (χ0n) is 21.1. The molecule has 8 nitrogen and oxygen atoms in total. The van der Waals surface area contributed by atoms with E-state index in [1.54, 1.807) is 12.1 Å². The van der Waals surface area contributed by atoms with Gasteiger partial charge in [0.1, 0.15) is 24.7 Å². The smallest absolute Gasteiger partial charge is 0.406 e. The van der Waals surface area contributed by atoms with E-state index in [0.717, 1.165) is 41.9 Å². The maximum atomic E-state index is 12.9. The van der Waals surface area contributed by atoms with Crippen LogP contribution in [-0.4, -0.2) is 44.5 Å². The third kappa shape index (κ3) is 5.87. The predicted octanol–water partition coefficient (Wildman–Crippen LogP) is 4.63. The Morgan fingerprint density at radius 2 is 2.03 bits per heavy atom. The number of thiophene rings is 1. The fourth-order valence-electron chi connectivity index (χ4n) is 4.72. The molecule has 0 aliphatic carbocycles. The Morgan fingerprint density at radius 3 is 2.77 bits per heavy atom. The summed E-state index contributed by atoms with van der Waals surface area (Å²) in [5.74, 6) is 0.966. The van der Waals surface area contributed by atoms with Crippen molar-refractivity contribution in [2.24, 2.45) is 5.92 Å². The number of ether oxygens (including phenoxy) is 1. The molecule has 0 spiro atoms.